The van der Waals surface area contributed by atoms with Gasteiger partial charge >= 0.3 is 0 Å². The lowest BCUT2D eigenvalue weighted by Gasteiger charge is -2.11. The Hall–Kier alpha value is -0.670. The lowest BCUT2D eigenvalue weighted by molar-refractivity contribution is 0.774. The number of anilines is 1. The van der Waals surface area contributed by atoms with Crippen molar-refractivity contribution in [3.8, 4) is 0 Å². The molecular weight excluding hydrogens is 168 g/mol. The van der Waals surface area contributed by atoms with E-state index in [0.717, 1.165) is 12.2 Å². The van der Waals surface area contributed by atoms with E-state index >= 15 is 0 Å². The summed E-state index contributed by atoms with van der Waals surface area (Å²) >= 11 is 4.29. The number of para-hydroxylation sites is 1. The molecule has 1 aromatic carbocycles. The van der Waals surface area contributed by atoms with E-state index in [0.29, 0.717) is 0 Å². The molecule has 0 spiro atoms. The monoisotopic (exact) mass is 182 g/mol. The Labute approximate surface area is 78.8 Å². The first-order chi connectivity index (χ1) is 5.83. The summed E-state index contributed by atoms with van der Waals surface area (Å²) in [5.41, 5.74) is 1.13. The molecule has 0 fully saturated rings. The number of likely N-dealkylation sites (N-methyl/N-ethyl adjacent to an activating group) is 1. The maximum atomic E-state index is 4.29. The van der Waals surface area contributed by atoms with Crippen LogP contribution in [0.5, 0.6) is 0 Å². The van der Waals surface area contributed by atoms with E-state index in [2.05, 4.69) is 23.3 Å². The molecule has 0 aliphatic heterocycles. The number of rotatable bonds is 4. The van der Waals surface area contributed by atoms with Gasteiger partial charge in [0.25, 0.3) is 0 Å². The Balaban J connectivity index is 2.33. The standard InChI is InChI=1S/C9H14N2S/c1-10-9(12)7-11-8-5-3-2-4-6-8/h2-6,9-12H,7H2,1H3. The van der Waals surface area contributed by atoms with E-state index in [-0.39, 0.29) is 5.37 Å². The molecule has 0 aliphatic carbocycles. The van der Waals surface area contributed by atoms with Crippen molar-refractivity contribution in [3.05, 3.63) is 30.3 Å². The second-order valence-corrected chi connectivity index (χ2v) is 3.17. The van der Waals surface area contributed by atoms with Gasteiger partial charge in [0.05, 0.1) is 5.37 Å². The van der Waals surface area contributed by atoms with Gasteiger partial charge in [0.2, 0.25) is 0 Å². The van der Waals surface area contributed by atoms with Gasteiger partial charge in [-0.1, -0.05) is 18.2 Å². The Kier molecular flexibility index (Phi) is 3.97. The smallest absolute Gasteiger partial charge is 0.0675 e. The highest BCUT2D eigenvalue weighted by Crippen LogP contribution is 2.04. The van der Waals surface area contributed by atoms with Crippen molar-refractivity contribution in [2.75, 3.05) is 18.9 Å². The van der Waals surface area contributed by atoms with E-state index in [1.165, 1.54) is 0 Å². The summed E-state index contributed by atoms with van der Waals surface area (Å²) in [6.07, 6.45) is 0. The van der Waals surface area contributed by atoms with Crippen LogP contribution in [0.4, 0.5) is 5.69 Å². The second kappa shape index (κ2) is 5.06. The lowest BCUT2D eigenvalue weighted by atomic mass is 10.3. The van der Waals surface area contributed by atoms with Crippen LogP contribution in [0.3, 0.4) is 0 Å². The Morgan fingerprint density at radius 1 is 1.33 bits per heavy atom. The van der Waals surface area contributed by atoms with Crippen LogP contribution in [0.2, 0.25) is 0 Å². The largest absolute Gasteiger partial charge is 0.383 e. The Bertz CT molecular complexity index is 213. The molecule has 0 aliphatic rings. The number of hydrogen-bond donors (Lipinski definition) is 3. The molecule has 0 bridgehead atoms. The van der Waals surface area contributed by atoms with E-state index in [9.17, 15) is 0 Å². The maximum Gasteiger partial charge on any atom is 0.0675 e. The molecule has 0 radical (unpaired) electrons. The predicted molar refractivity (Wildman–Crippen MR) is 56.8 cm³/mol. The van der Waals surface area contributed by atoms with Crippen LogP contribution >= 0.6 is 12.6 Å². The van der Waals surface area contributed by atoms with Crippen molar-refractivity contribution in [1.29, 1.82) is 0 Å². The molecular formula is C9H14N2S. The molecule has 0 saturated heterocycles. The molecule has 1 aromatic rings. The van der Waals surface area contributed by atoms with Gasteiger partial charge in [-0.2, -0.15) is 12.6 Å². The second-order valence-electron chi connectivity index (χ2n) is 2.55. The third-order valence-electron chi connectivity index (χ3n) is 1.61. The Morgan fingerprint density at radius 2 is 2.00 bits per heavy atom. The zero-order chi connectivity index (χ0) is 8.81. The molecule has 12 heavy (non-hydrogen) atoms. The molecule has 0 amide bonds. The minimum Gasteiger partial charge on any atom is -0.383 e. The molecule has 66 valence electrons. The summed E-state index contributed by atoms with van der Waals surface area (Å²) in [6.45, 7) is 0.823. The molecule has 1 atom stereocenters. The van der Waals surface area contributed by atoms with Crippen LogP contribution < -0.4 is 10.6 Å². The summed E-state index contributed by atoms with van der Waals surface area (Å²) in [4.78, 5) is 0. The maximum absolute atomic E-state index is 4.29. The minimum atomic E-state index is 0.199. The van der Waals surface area contributed by atoms with Crippen LogP contribution in [0, 0.1) is 0 Å². The molecule has 0 saturated carbocycles. The summed E-state index contributed by atoms with van der Waals surface area (Å²) in [6, 6.07) is 10.1. The third-order valence-corrected chi connectivity index (χ3v) is 2.05. The zero-order valence-corrected chi connectivity index (χ0v) is 8.01. The SMILES string of the molecule is CNC(S)CNc1ccccc1. The first kappa shape index (κ1) is 9.42. The van der Waals surface area contributed by atoms with Gasteiger partial charge in [-0.05, 0) is 19.2 Å². The van der Waals surface area contributed by atoms with Gasteiger partial charge in [0.15, 0.2) is 0 Å². The number of benzene rings is 1. The lowest BCUT2D eigenvalue weighted by Crippen LogP contribution is -2.27. The summed E-state index contributed by atoms with van der Waals surface area (Å²) in [5, 5.41) is 6.49. The highest BCUT2D eigenvalue weighted by atomic mass is 32.1. The van der Waals surface area contributed by atoms with Crippen LogP contribution in [-0.2, 0) is 0 Å². The predicted octanol–water partition coefficient (Wildman–Crippen LogP) is 1.57. The Morgan fingerprint density at radius 3 is 2.58 bits per heavy atom. The van der Waals surface area contributed by atoms with Crippen molar-refractivity contribution in [2.24, 2.45) is 0 Å². The molecule has 2 N–H and O–H groups in total. The van der Waals surface area contributed by atoms with Crippen LogP contribution in [0.1, 0.15) is 0 Å². The van der Waals surface area contributed by atoms with Crippen molar-refractivity contribution >= 4 is 18.3 Å². The summed E-state index contributed by atoms with van der Waals surface area (Å²) in [5.74, 6) is 0. The first-order valence-electron chi connectivity index (χ1n) is 3.97. The van der Waals surface area contributed by atoms with E-state index in [4.69, 9.17) is 0 Å². The highest BCUT2D eigenvalue weighted by Gasteiger charge is 1.96. The fourth-order valence-electron chi connectivity index (χ4n) is 0.873. The summed E-state index contributed by atoms with van der Waals surface area (Å²) < 4.78 is 0. The minimum absolute atomic E-state index is 0.199. The molecule has 1 unspecified atom stereocenters. The van der Waals surface area contributed by atoms with Crippen molar-refractivity contribution < 1.29 is 0 Å². The van der Waals surface area contributed by atoms with Gasteiger partial charge in [0, 0.05) is 12.2 Å². The van der Waals surface area contributed by atoms with Crippen LogP contribution in [-0.4, -0.2) is 19.0 Å². The van der Waals surface area contributed by atoms with Crippen molar-refractivity contribution in [1.82, 2.24) is 5.32 Å². The van der Waals surface area contributed by atoms with Gasteiger partial charge < -0.3 is 10.6 Å². The normalized spacial score (nSPS) is 12.5. The molecule has 3 heteroatoms. The number of nitrogens with one attached hydrogen (secondary N) is 2. The zero-order valence-electron chi connectivity index (χ0n) is 7.12. The number of hydrogen-bond acceptors (Lipinski definition) is 3. The molecule has 0 aromatic heterocycles. The average Bonchev–Trinajstić information content (AvgIpc) is 2.16. The van der Waals surface area contributed by atoms with E-state index in [1.807, 2.05) is 37.4 Å². The quantitative estimate of drug-likeness (QED) is 0.486. The van der Waals surface area contributed by atoms with E-state index in [1.54, 1.807) is 0 Å². The molecule has 0 heterocycles. The van der Waals surface area contributed by atoms with Gasteiger partial charge in [-0.25, -0.2) is 0 Å². The van der Waals surface area contributed by atoms with Gasteiger partial charge in [-0.15, -0.1) is 0 Å². The van der Waals surface area contributed by atoms with Gasteiger partial charge in [-0.3, -0.25) is 0 Å². The first-order valence-corrected chi connectivity index (χ1v) is 4.49. The fourth-order valence-corrected chi connectivity index (χ4v) is 0.964. The van der Waals surface area contributed by atoms with Crippen molar-refractivity contribution in [3.63, 3.8) is 0 Å². The van der Waals surface area contributed by atoms with Crippen LogP contribution in [0.25, 0.3) is 0 Å². The van der Waals surface area contributed by atoms with Crippen molar-refractivity contribution in [2.45, 2.75) is 5.37 Å². The summed E-state index contributed by atoms with van der Waals surface area (Å²) in [7, 11) is 1.89. The number of thiol groups is 1. The van der Waals surface area contributed by atoms with E-state index < -0.39 is 0 Å². The van der Waals surface area contributed by atoms with Crippen LogP contribution in [0.15, 0.2) is 30.3 Å². The van der Waals surface area contributed by atoms with Gasteiger partial charge in [0.1, 0.15) is 0 Å². The fraction of sp³-hybridized carbons (Fsp3) is 0.333. The molecule has 2 nitrogen and oxygen atoms in total. The third kappa shape index (κ3) is 3.15. The molecule has 1 rings (SSSR count). The average molecular weight is 182 g/mol. The highest BCUT2D eigenvalue weighted by molar-refractivity contribution is 7.80. The topological polar surface area (TPSA) is 24.1 Å².